The van der Waals surface area contributed by atoms with Crippen molar-refractivity contribution in [2.24, 2.45) is 0 Å². The van der Waals surface area contributed by atoms with Crippen LogP contribution in [0, 0.1) is 13.8 Å². The van der Waals surface area contributed by atoms with Crippen LogP contribution in [0.25, 0.3) is 0 Å². The van der Waals surface area contributed by atoms with Crippen LogP contribution in [-0.4, -0.2) is 5.11 Å². The van der Waals surface area contributed by atoms with Crippen LogP contribution in [0.5, 0.6) is 0 Å². The van der Waals surface area contributed by atoms with Crippen LogP contribution in [0.2, 0.25) is 0 Å². The number of benzene rings is 1. The Morgan fingerprint density at radius 1 is 1.20 bits per heavy atom. The Hall–Kier alpha value is -1.12. The number of aliphatic hydroxyl groups excluding tert-OH is 1. The van der Waals surface area contributed by atoms with Crippen LogP contribution < -0.4 is 0 Å². The van der Waals surface area contributed by atoms with Crippen LogP contribution in [0.15, 0.2) is 35.7 Å². The van der Waals surface area contributed by atoms with E-state index in [9.17, 15) is 5.11 Å². The van der Waals surface area contributed by atoms with Crippen molar-refractivity contribution in [3.05, 3.63) is 57.3 Å². The summed E-state index contributed by atoms with van der Waals surface area (Å²) < 4.78 is 0. The normalized spacial score (nSPS) is 12.7. The predicted octanol–water partition coefficient (Wildman–Crippen LogP) is 3.45. The molecule has 0 spiro atoms. The summed E-state index contributed by atoms with van der Waals surface area (Å²) in [6.45, 7) is 4.07. The third-order valence-electron chi connectivity index (χ3n) is 2.51. The van der Waals surface area contributed by atoms with Gasteiger partial charge in [0.15, 0.2) is 0 Å². The van der Waals surface area contributed by atoms with Gasteiger partial charge in [0, 0.05) is 4.88 Å². The molecule has 15 heavy (non-hydrogen) atoms. The summed E-state index contributed by atoms with van der Waals surface area (Å²) in [5.74, 6) is 0. The molecule has 0 aliphatic heterocycles. The molecular formula is C13H14OS. The van der Waals surface area contributed by atoms with Crippen molar-refractivity contribution in [3.63, 3.8) is 0 Å². The monoisotopic (exact) mass is 218 g/mol. The van der Waals surface area contributed by atoms with Gasteiger partial charge in [-0.2, -0.15) is 0 Å². The maximum atomic E-state index is 10.2. The Balaban J connectivity index is 2.36. The fourth-order valence-electron chi connectivity index (χ4n) is 1.66. The van der Waals surface area contributed by atoms with Gasteiger partial charge in [-0.3, -0.25) is 0 Å². The van der Waals surface area contributed by atoms with Crippen LogP contribution >= 0.6 is 11.3 Å². The van der Waals surface area contributed by atoms with E-state index in [0.29, 0.717) is 0 Å². The lowest BCUT2D eigenvalue weighted by atomic mass is 10.0. The number of rotatable bonds is 2. The highest BCUT2D eigenvalue weighted by Gasteiger charge is 2.13. The van der Waals surface area contributed by atoms with Gasteiger partial charge in [-0.25, -0.2) is 0 Å². The second-order valence-corrected chi connectivity index (χ2v) is 4.73. The number of aliphatic hydroxyl groups is 1. The lowest BCUT2D eigenvalue weighted by Gasteiger charge is -2.10. The van der Waals surface area contributed by atoms with E-state index in [1.807, 2.05) is 49.6 Å². The molecule has 1 aromatic heterocycles. The molecule has 1 heterocycles. The van der Waals surface area contributed by atoms with Gasteiger partial charge in [0.25, 0.3) is 0 Å². The van der Waals surface area contributed by atoms with Gasteiger partial charge < -0.3 is 5.11 Å². The largest absolute Gasteiger partial charge is 0.383 e. The SMILES string of the molecule is Cc1cccc(C(O)c2sccc2C)c1. The Labute approximate surface area is 94.0 Å². The molecule has 2 rings (SSSR count). The molecule has 1 aromatic carbocycles. The highest BCUT2D eigenvalue weighted by atomic mass is 32.1. The van der Waals surface area contributed by atoms with Gasteiger partial charge in [0.1, 0.15) is 6.10 Å². The lowest BCUT2D eigenvalue weighted by Crippen LogP contribution is -1.98. The zero-order valence-corrected chi connectivity index (χ0v) is 9.71. The zero-order valence-electron chi connectivity index (χ0n) is 8.90. The van der Waals surface area contributed by atoms with Crippen molar-refractivity contribution in [1.29, 1.82) is 0 Å². The van der Waals surface area contributed by atoms with Crippen molar-refractivity contribution in [3.8, 4) is 0 Å². The summed E-state index contributed by atoms with van der Waals surface area (Å²) >= 11 is 1.61. The van der Waals surface area contributed by atoms with Crippen molar-refractivity contribution < 1.29 is 5.11 Å². The first-order valence-electron chi connectivity index (χ1n) is 4.97. The fraction of sp³-hybridized carbons (Fsp3) is 0.231. The molecule has 78 valence electrons. The standard InChI is InChI=1S/C13H14OS/c1-9-4-3-5-11(8-9)12(14)13-10(2)6-7-15-13/h3-8,12,14H,1-2H3. The van der Waals surface area contributed by atoms with Gasteiger partial charge in [0.2, 0.25) is 0 Å². The summed E-state index contributed by atoms with van der Waals surface area (Å²) in [5.41, 5.74) is 3.32. The minimum atomic E-state index is -0.482. The molecule has 1 N–H and O–H groups in total. The molecule has 0 saturated carbocycles. The second-order valence-electron chi connectivity index (χ2n) is 3.78. The van der Waals surface area contributed by atoms with Crippen LogP contribution in [0.1, 0.15) is 27.7 Å². The first kappa shape index (κ1) is 10.4. The third kappa shape index (κ3) is 2.11. The minimum Gasteiger partial charge on any atom is -0.383 e. The molecule has 1 atom stereocenters. The topological polar surface area (TPSA) is 20.2 Å². The van der Waals surface area contributed by atoms with E-state index in [1.54, 1.807) is 11.3 Å². The molecule has 0 saturated heterocycles. The Morgan fingerprint density at radius 2 is 2.00 bits per heavy atom. The Morgan fingerprint density at radius 3 is 2.60 bits per heavy atom. The summed E-state index contributed by atoms with van der Waals surface area (Å²) in [6, 6.07) is 10.1. The summed E-state index contributed by atoms with van der Waals surface area (Å²) in [6.07, 6.45) is -0.482. The highest BCUT2D eigenvalue weighted by molar-refractivity contribution is 7.10. The van der Waals surface area contributed by atoms with E-state index in [4.69, 9.17) is 0 Å². The van der Waals surface area contributed by atoms with Crippen LogP contribution in [0.4, 0.5) is 0 Å². The summed E-state index contributed by atoms with van der Waals surface area (Å²) in [4.78, 5) is 1.04. The zero-order chi connectivity index (χ0) is 10.8. The van der Waals surface area contributed by atoms with Gasteiger partial charge in [-0.15, -0.1) is 11.3 Å². The average Bonchev–Trinajstić information content (AvgIpc) is 2.63. The molecule has 0 fully saturated rings. The molecule has 0 radical (unpaired) electrons. The van der Waals surface area contributed by atoms with Crippen molar-refractivity contribution in [1.82, 2.24) is 0 Å². The molecular weight excluding hydrogens is 204 g/mol. The molecule has 1 unspecified atom stereocenters. The minimum absolute atomic E-state index is 0.482. The predicted molar refractivity (Wildman–Crippen MR) is 64.3 cm³/mol. The smallest absolute Gasteiger partial charge is 0.113 e. The number of hydrogen-bond donors (Lipinski definition) is 1. The van der Waals surface area contributed by atoms with Gasteiger partial charge >= 0.3 is 0 Å². The Kier molecular flexibility index (Phi) is 2.89. The van der Waals surface area contributed by atoms with Gasteiger partial charge in [-0.05, 0) is 36.4 Å². The van der Waals surface area contributed by atoms with E-state index >= 15 is 0 Å². The van der Waals surface area contributed by atoms with Crippen molar-refractivity contribution >= 4 is 11.3 Å². The molecule has 2 aromatic rings. The number of hydrogen-bond acceptors (Lipinski definition) is 2. The highest BCUT2D eigenvalue weighted by Crippen LogP contribution is 2.29. The second kappa shape index (κ2) is 4.17. The molecule has 2 heteroatoms. The quantitative estimate of drug-likeness (QED) is 0.818. The first-order valence-corrected chi connectivity index (χ1v) is 5.85. The maximum absolute atomic E-state index is 10.2. The van der Waals surface area contributed by atoms with E-state index in [0.717, 1.165) is 16.0 Å². The van der Waals surface area contributed by atoms with Crippen LogP contribution in [-0.2, 0) is 0 Å². The lowest BCUT2D eigenvalue weighted by molar-refractivity contribution is 0.223. The van der Waals surface area contributed by atoms with E-state index in [-0.39, 0.29) is 0 Å². The average molecular weight is 218 g/mol. The molecule has 0 bridgehead atoms. The first-order chi connectivity index (χ1) is 7.18. The molecule has 0 aliphatic rings. The molecule has 0 aliphatic carbocycles. The molecule has 1 nitrogen and oxygen atoms in total. The number of aryl methyl sites for hydroxylation is 2. The van der Waals surface area contributed by atoms with E-state index < -0.39 is 6.10 Å². The maximum Gasteiger partial charge on any atom is 0.113 e. The van der Waals surface area contributed by atoms with Gasteiger partial charge in [0.05, 0.1) is 0 Å². The summed E-state index contributed by atoms with van der Waals surface area (Å²) in [7, 11) is 0. The van der Waals surface area contributed by atoms with Gasteiger partial charge in [-0.1, -0.05) is 29.8 Å². The van der Waals surface area contributed by atoms with Crippen molar-refractivity contribution in [2.45, 2.75) is 20.0 Å². The molecule has 0 amide bonds. The third-order valence-corrected chi connectivity index (χ3v) is 3.58. The fourth-order valence-corrected chi connectivity index (χ4v) is 2.59. The Bertz CT molecular complexity index is 459. The summed E-state index contributed by atoms with van der Waals surface area (Å²) in [5, 5.41) is 12.2. The van der Waals surface area contributed by atoms with E-state index in [2.05, 4.69) is 0 Å². The number of thiophene rings is 1. The van der Waals surface area contributed by atoms with E-state index in [1.165, 1.54) is 5.56 Å². The van der Waals surface area contributed by atoms with Crippen molar-refractivity contribution in [2.75, 3.05) is 0 Å². The van der Waals surface area contributed by atoms with Crippen LogP contribution in [0.3, 0.4) is 0 Å².